The van der Waals surface area contributed by atoms with Crippen molar-refractivity contribution in [3.05, 3.63) is 52.6 Å². The van der Waals surface area contributed by atoms with E-state index in [1.165, 1.54) is 0 Å². The fourth-order valence-electron chi connectivity index (χ4n) is 5.84. The van der Waals surface area contributed by atoms with Gasteiger partial charge in [0.2, 0.25) is 0 Å². The number of anilines is 1. The number of hydrogen-bond acceptors (Lipinski definition) is 6. The fraction of sp³-hybridized carbons (Fsp3) is 0.519. The maximum Gasteiger partial charge on any atom is 0.274 e. The van der Waals surface area contributed by atoms with Crippen LogP contribution < -0.4 is 15.6 Å². The van der Waals surface area contributed by atoms with Crippen LogP contribution in [-0.2, 0) is 15.0 Å². The highest BCUT2D eigenvalue weighted by Crippen LogP contribution is 2.56. The highest BCUT2D eigenvalue weighted by atomic mass is 16.6. The Hall–Kier alpha value is -3.17. The topological polar surface area (TPSA) is 96.6 Å². The number of methoxy groups -OCH3 is 1. The molecule has 2 atom stereocenters. The Morgan fingerprint density at radius 2 is 2.11 bits per heavy atom. The van der Waals surface area contributed by atoms with Gasteiger partial charge in [0.25, 0.3) is 11.5 Å². The first-order valence-electron chi connectivity index (χ1n) is 12.6. The second kappa shape index (κ2) is 8.18. The Bertz CT molecular complexity index is 1400. The predicted molar refractivity (Wildman–Crippen MR) is 135 cm³/mol. The first kappa shape index (κ1) is 23.2. The standard InChI is InChI=1S/C27H32N4O5/c1-16(2)36-23-10-21-18(11-31(29-21)26-12-27(13-26,15-34-4)35-14-26)9-19(23)24(32)28-20-6-5-7-30(25(20)33)22-8-17(22)3/h5-7,9-11,16-17,22H,8,12-15H2,1-4H3,(H,28,32)/t17-,22+,26?,27?/m0/s1. The van der Waals surface area contributed by atoms with Crippen LogP contribution in [0.3, 0.4) is 0 Å². The second-order valence-corrected chi connectivity index (χ2v) is 11.0. The van der Waals surface area contributed by atoms with E-state index in [1.807, 2.05) is 30.8 Å². The number of ether oxygens (including phenoxy) is 3. The van der Waals surface area contributed by atoms with Crippen molar-refractivity contribution in [2.45, 2.75) is 63.3 Å². The average Bonchev–Trinajstić information content (AvgIpc) is 3.13. The minimum Gasteiger partial charge on any atom is -0.490 e. The molecule has 190 valence electrons. The van der Waals surface area contributed by atoms with Crippen LogP contribution >= 0.6 is 0 Å². The van der Waals surface area contributed by atoms with Crippen molar-refractivity contribution in [3.63, 3.8) is 0 Å². The van der Waals surface area contributed by atoms with Gasteiger partial charge in [0, 0.05) is 49.8 Å². The number of benzene rings is 1. The molecule has 1 N–H and O–H groups in total. The number of rotatable bonds is 8. The molecule has 0 spiro atoms. The number of fused-ring (bicyclic) bond motifs is 2. The average molecular weight is 493 g/mol. The molecule has 0 unspecified atom stereocenters. The summed E-state index contributed by atoms with van der Waals surface area (Å²) in [6.45, 7) is 7.11. The molecule has 9 heteroatoms. The van der Waals surface area contributed by atoms with Crippen LogP contribution in [0, 0.1) is 5.92 Å². The third-order valence-electron chi connectivity index (χ3n) is 7.70. The number of nitrogens with one attached hydrogen (secondary N) is 1. The molecule has 9 nitrogen and oxygen atoms in total. The molecule has 2 saturated heterocycles. The summed E-state index contributed by atoms with van der Waals surface area (Å²) in [7, 11) is 1.69. The van der Waals surface area contributed by atoms with Gasteiger partial charge in [0.1, 0.15) is 11.4 Å². The molecule has 3 aromatic rings. The minimum absolute atomic E-state index is 0.135. The van der Waals surface area contributed by atoms with Crippen molar-refractivity contribution in [2.24, 2.45) is 5.92 Å². The van der Waals surface area contributed by atoms with Crippen molar-refractivity contribution in [2.75, 3.05) is 25.6 Å². The van der Waals surface area contributed by atoms with Gasteiger partial charge < -0.3 is 24.1 Å². The maximum atomic E-state index is 13.4. The van der Waals surface area contributed by atoms with E-state index in [4.69, 9.17) is 19.3 Å². The van der Waals surface area contributed by atoms with Crippen molar-refractivity contribution < 1.29 is 19.0 Å². The number of hydrogen-bond donors (Lipinski definition) is 1. The molecule has 4 aliphatic rings. The van der Waals surface area contributed by atoms with Crippen LogP contribution in [0.4, 0.5) is 5.69 Å². The Labute approximate surface area is 209 Å². The number of amides is 1. The molecule has 4 fully saturated rings. The third kappa shape index (κ3) is 3.72. The molecule has 2 aliphatic carbocycles. The van der Waals surface area contributed by atoms with Gasteiger partial charge in [0.15, 0.2) is 0 Å². The van der Waals surface area contributed by atoms with E-state index in [0.717, 1.165) is 30.2 Å². The van der Waals surface area contributed by atoms with E-state index in [-0.39, 0.29) is 40.4 Å². The zero-order valence-electron chi connectivity index (χ0n) is 21.1. The molecule has 1 amide bonds. The third-order valence-corrected chi connectivity index (χ3v) is 7.70. The van der Waals surface area contributed by atoms with Gasteiger partial charge in [-0.25, -0.2) is 0 Å². The summed E-state index contributed by atoms with van der Waals surface area (Å²) in [5.41, 5.74) is 0.785. The SMILES string of the molecule is COCC12CC(n3cc4cc(C(=O)Nc5cccn([C@@H]6C[C@@H]6C)c5=O)c(OC(C)C)cc4n3)(CO1)C2. The molecule has 0 radical (unpaired) electrons. The first-order valence-corrected chi connectivity index (χ1v) is 12.6. The lowest BCUT2D eigenvalue weighted by Crippen LogP contribution is -2.53. The molecule has 2 bridgehead atoms. The Balaban J connectivity index is 1.32. The quantitative estimate of drug-likeness (QED) is 0.515. The summed E-state index contributed by atoms with van der Waals surface area (Å²) in [5, 5.41) is 8.50. The lowest BCUT2D eigenvalue weighted by molar-refractivity contribution is -0.0694. The predicted octanol–water partition coefficient (Wildman–Crippen LogP) is 3.72. The zero-order chi connectivity index (χ0) is 25.2. The van der Waals surface area contributed by atoms with Crippen LogP contribution in [0.25, 0.3) is 10.9 Å². The van der Waals surface area contributed by atoms with E-state index in [2.05, 4.69) is 12.2 Å². The molecule has 2 aromatic heterocycles. The largest absolute Gasteiger partial charge is 0.490 e. The van der Waals surface area contributed by atoms with E-state index < -0.39 is 0 Å². The summed E-state index contributed by atoms with van der Waals surface area (Å²) in [6.07, 6.45) is 6.30. The van der Waals surface area contributed by atoms with Gasteiger partial charge in [-0.05, 0) is 44.4 Å². The van der Waals surface area contributed by atoms with Crippen molar-refractivity contribution >= 4 is 22.5 Å². The summed E-state index contributed by atoms with van der Waals surface area (Å²) < 4.78 is 21.1. The van der Waals surface area contributed by atoms with E-state index in [1.54, 1.807) is 36.1 Å². The minimum atomic E-state index is -0.385. The number of nitrogens with zero attached hydrogens (tertiary/aromatic N) is 3. The monoisotopic (exact) mass is 492 g/mol. The van der Waals surface area contributed by atoms with Gasteiger partial charge in [0.05, 0.1) is 41.5 Å². The van der Waals surface area contributed by atoms with Gasteiger partial charge in [-0.2, -0.15) is 5.10 Å². The van der Waals surface area contributed by atoms with Gasteiger partial charge in [-0.3, -0.25) is 14.3 Å². The van der Waals surface area contributed by atoms with Crippen LogP contribution in [0.15, 0.2) is 41.5 Å². The number of carbonyl (C=O) groups excluding carboxylic acids is 1. The second-order valence-electron chi connectivity index (χ2n) is 11.0. The van der Waals surface area contributed by atoms with Crippen LogP contribution in [0.5, 0.6) is 5.75 Å². The molecular formula is C27H32N4O5. The number of aromatic nitrogens is 3. The van der Waals surface area contributed by atoms with Gasteiger partial charge in [-0.1, -0.05) is 6.92 Å². The first-order chi connectivity index (χ1) is 17.2. The Morgan fingerprint density at radius 1 is 1.33 bits per heavy atom. The normalized spacial score (nSPS) is 28.4. The molecule has 4 heterocycles. The van der Waals surface area contributed by atoms with Crippen LogP contribution in [0.2, 0.25) is 0 Å². The molecule has 1 aromatic carbocycles. The van der Waals surface area contributed by atoms with E-state index in [9.17, 15) is 9.59 Å². The summed E-state index contributed by atoms with van der Waals surface area (Å²) >= 11 is 0. The van der Waals surface area contributed by atoms with E-state index in [0.29, 0.717) is 30.4 Å². The van der Waals surface area contributed by atoms with Crippen molar-refractivity contribution in [1.82, 2.24) is 14.3 Å². The Kier molecular flexibility index (Phi) is 5.28. The maximum absolute atomic E-state index is 13.4. The molecular weight excluding hydrogens is 460 g/mol. The number of carbonyl (C=O) groups is 1. The lowest BCUT2D eigenvalue weighted by atomic mass is 9.69. The molecule has 36 heavy (non-hydrogen) atoms. The van der Waals surface area contributed by atoms with Gasteiger partial charge in [-0.15, -0.1) is 0 Å². The highest BCUT2D eigenvalue weighted by molar-refractivity contribution is 6.08. The summed E-state index contributed by atoms with van der Waals surface area (Å²) in [4.78, 5) is 26.4. The zero-order valence-corrected chi connectivity index (χ0v) is 21.1. The van der Waals surface area contributed by atoms with Crippen LogP contribution in [-0.4, -0.2) is 52.3 Å². The van der Waals surface area contributed by atoms with Crippen molar-refractivity contribution in [3.8, 4) is 5.75 Å². The summed E-state index contributed by atoms with van der Waals surface area (Å²) in [6, 6.07) is 7.24. The van der Waals surface area contributed by atoms with Crippen molar-refractivity contribution in [1.29, 1.82) is 0 Å². The molecule has 2 saturated carbocycles. The fourth-order valence-corrected chi connectivity index (χ4v) is 5.84. The van der Waals surface area contributed by atoms with Crippen LogP contribution in [0.1, 0.15) is 56.4 Å². The Morgan fingerprint density at radius 3 is 2.81 bits per heavy atom. The molecule has 7 rings (SSSR count). The number of pyridine rings is 1. The van der Waals surface area contributed by atoms with E-state index >= 15 is 0 Å². The highest BCUT2D eigenvalue weighted by Gasteiger charge is 2.64. The molecule has 2 aliphatic heterocycles. The van der Waals surface area contributed by atoms with Gasteiger partial charge >= 0.3 is 0 Å². The summed E-state index contributed by atoms with van der Waals surface area (Å²) in [5.74, 6) is 0.526. The smallest absolute Gasteiger partial charge is 0.274 e. The lowest BCUT2D eigenvalue weighted by Gasteiger charge is -2.43.